The van der Waals surface area contributed by atoms with Gasteiger partial charge in [0.2, 0.25) is 5.91 Å². The molecule has 0 saturated heterocycles. The molecule has 2 heterocycles. The van der Waals surface area contributed by atoms with Crippen LogP contribution in [0.4, 0.5) is 4.39 Å². The van der Waals surface area contributed by atoms with Gasteiger partial charge in [0.15, 0.2) is 10.1 Å². The molecule has 5 nitrogen and oxygen atoms in total. The van der Waals surface area contributed by atoms with E-state index in [1.165, 1.54) is 42.7 Å². The largest absolute Gasteiger partial charge is 0.496 e. The Balaban J connectivity index is 1.75. The fraction of sp³-hybridized carbons (Fsp3) is 0.176. The maximum atomic E-state index is 13.5. The number of imidazole rings is 1. The van der Waals surface area contributed by atoms with Crippen LogP contribution in [0, 0.1) is 5.82 Å². The van der Waals surface area contributed by atoms with Crippen molar-refractivity contribution in [3.8, 4) is 5.75 Å². The number of nitrogens with one attached hydrogen (secondary N) is 1. The van der Waals surface area contributed by atoms with E-state index < -0.39 is 11.9 Å². The van der Waals surface area contributed by atoms with Gasteiger partial charge in [0.25, 0.3) is 0 Å². The minimum absolute atomic E-state index is 0.329. The highest BCUT2D eigenvalue weighted by molar-refractivity contribution is 7.15. The number of hydrogen-bond donors (Lipinski definition) is 1. The number of carbonyl (C=O) groups is 1. The molecule has 2 aromatic heterocycles. The molecule has 3 aromatic rings. The molecule has 3 rings (SSSR count). The first kappa shape index (κ1) is 17.4. The molecule has 25 heavy (non-hydrogen) atoms. The Morgan fingerprint density at radius 1 is 1.52 bits per heavy atom. The molecule has 0 aliphatic carbocycles. The first-order valence-corrected chi connectivity index (χ1v) is 8.68. The summed E-state index contributed by atoms with van der Waals surface area (Å²) in [5.74, 6) is -0.213. The summed E-state index contributed by atoms with van der Waals surface area (Å²) >= 11 is 7.54. The summed E-state index contributed by atoms with van der Waals surface area (Å²) in [6.07, 6.45) is 4.80. The zero-order valence-corrected chi connectivity index (χ0v) is 15.1. The number of ether oxygens (including phenoxy) is 1. The number of benzene rings is 1. The van der Waals surface area contributed by atoms with Gasteiger partial charge in [0.1, 0.15) is 11.6 Å². The van der Waals surface area contributed by atoms with Crippen LogP contribution in [0.5, 0.6) is 5.75 Å². The highest BCUT2D eigenvalue weighted by Gasteiger charge is 2.14. The van der Waals surface area contributed by atoms with E-state index in [9.17, 15) is 9.18 Å². The van der Waals surface area contributed by atoms with Crippen molar-refractivity contribution in [3.63, 3.8) is 0 Å². The van der Waals surface area contributed by atoms with Gasteiger partial charge in [-0.05, 0) is 31.2 Å². The fourth-order valence-corrected chi connectivity index (χ4v) is 3.47. The average molecular weight is 380 g/mol. The van der Waals surface area contributed by atoms with E-state index in [4.69, 9.17) is 16.3 Å². The van der Waals surface area contributed by atoms with Crippen molar-refractivity contribution in [3.05, 3.63) is 58.1 Å². The Hall–Kier alpha value is -2.38. The van der Waals surface area contributed by atoms with Crippen molar-refractivity contribution in [1.82, 2.24) is 14.7 Å². The molecular formula is C17H15ClFN3O2S. The van der Waals surface area contributed by atoms with E-state index in [0.29, 0.717) is 22.2 Å². The lowest BCUT2D eigenvalue weighted by atomic mass is 10.1. The number of fused-ring (bicyclic) bond motifs is 1. The Morgan fingerprint density at radius 2 is 2.32 bits per heavy atom. The minimum Gasteiger partial charge on any atom is -0.496 e. The first-order valence-electron chi connectivity index (χ1n) is 7.42. The predicted octanol–water partition coefficient (Wildman–Crippen LogP) is 4.09. The zero-order valence-electron chi connectivity index (χ0n) is 13.5. The number of rotatable bonds is 5. The Labute approximate surface area is 152 Å². The summed E-state index contributed by atoms with van der Waals surface area (Å²) < 4.78 is 20.5. The van der Waals surface area contributed by atoms with Crippen LogP contribution >= 0.6 is 22.9 Å². The minimum atomic E-state index is -0.426. The molecule has 1 atom stereocenters. The molecule has 0 radical (unpaired) electrons. The third kappa shape index (κ3) is 3.67. The summed E-state index contributed by atoms with van der Waals surface area (Å²) in [6, 6.07) is 3.76. The van der Waals surface area contributed by atoms with Gasteiger partial charge >= 0.3 is 0 Å². The number of halogens is 2. The number of hydrogen-bond acceptors (Lipinski definition) is 4. The van der Waals surface area contributed by atoms with Gasteiger partial charge in [-0.25, -0.2) is 9.37 Å². The van der Waals surface area contributed by atoms with Crippen molar-refractivity contribution in [1.29, 1.82) is 0 Å². The second-order valence-corrected chi connectivity index (χ2v) is 6.52. The maximum Gasteiger partial charge on any atom is 0.244 e. The van der Waals surface area contributed by atoms with E-state index in [-0.39, 0.29) is 5.91 Å². The third-order valence-electron chi connectivity index (χ3n) is 3.66. The number of thiazole rings is 1. The lowest BCUT2D eigenvalue weighted by Gasteiger charge is -2.16. The maximum absolute atomic E-state index is 13.5. The second-order valence-electron chi connectivity index (χ2n) is 5.29. The van der Waals surface area contributed by atoms with Crippen LogP contribution in [0.15, 0.2) is 35.9 Å². The van der Waals surface area contributed by atoms with Crippen LogP contribution in [0.25, 0.3) is 11.0 Å². The van der Waals surface area contributed by atoms with Gasteiger partial charge in [0, 0.05) is 23.2 Å². The standard InChI is InChI=1S/C17H15ClFN3O2S/c1-10(12-9-11(19)3-5-14(12)24-2)20-15(23)6-4-13-16(18)21-17-22(13)7-8-25-17/h3-10H,1-2H3,(H,20,23)/b6-4+/t10-/m1/s1. The molecule has 1 amide bonds. The number of nitrogens with zero attached hydrogens (tertiary/aromatic N) is 2. The van der Waals surface area contributed by atoms with E-state index in [0.717, 1.165) is 4.96 Å². The van der Waals surface area contributed by atoms with Crippen LogP contribution in [0.3, 0.4) is 0 Å². The Bertz CT molecular complexity index is 951. The second kappa shape index (κ2) is 7.25. The molecule has 1 aromatic carbocycles. The Kier molecular flexibility index (Phi) is 5.06. The lowest BCUT2D eigenvalue weighted by Crippen LogP contribution is -2.25. The van der Waals surface area contributed by atoms with Crippen LogP contribution in [0.2, 0.25) is 5.15 Å². The summed E-state index contributed by atoms with van der Waals surface area (Å²) in [6.45, 7) is 1.76. The van der Waals surface area contributed by atoms with Gasteiger partial charge in [-0.15, -0.1) is 11.3 Å². The number of aromatic nitrogens is 2. The fourth-order valence-electron chi connectivity index (χ4n) is 2.46. The number of amides is 1. The molecule has 0 bridgehead atoms. The SMILES string of the molecule is COc1ccc(F)cc1[C@@H](C)NC(=O)/C=C/c1c(Cl)nc2sccn12. The van der Waals surface area contributed by atoms with E-state index in [2.05, 4.69) is 10.3 Å². The van der Waals surface area contributed by atoms with Gasteiger partial charge in [-0.3, -0.25) is 9.20 Å². The molecule has 0 aliphatic heterocycles. The van der Waals surface area contributed by atoms with E-state index in [1.807, 2.05) is 11.6 Å². The third-order valence-corrected chi connectivity index (χ3v) is 4.70. The van der Waals surface area contributed by atoms with Gasteiger partial charge in [-0.2, -0.15) is 0 Å². The lowest BCUT2D eigenvalue weighted by molar-refractivity contribution is -0.117. The molecule has 0 fully saturated rings. The van der Waals surface area contributed by atoms with Crippen molar-refractivity contribution in [2.24, 2.45) is 0 Å². The highest BCUT2D eigenvalue weighted by Crippen LogP contribution is 2.26. The smallest absolute Gasteiger partial charge is 0.244 e. The van der Waals surface area contributed by atoms with E-state index in [1.54, 1.807) is 17.4 Å². The van der Waals surface area contributed by atoms with E-state index >= 15 is 0 Å². The van der Waals surface area contributed by atoms with Gasteiger partial charge in [-0.1, -0.05) is 11.6 Å². The van der Waals surface area contributed by atoms with Crippen molar-refractivity contribution in [2.75, 3.05) is 7.11 Å². The molecule has 0 aliphatic rings. The molecule has 0 spiro atoms. The molecular weight excluding hydrogens is 365 g/mol. The molecule has 8 heteroatoms. The molecule has 130 valence electrons. The summed E-state index contributed by atoms with van der Waals surface area (Å²) in [5, 5.41) is 4.99. The highest BCUT2D eigenvalue weighted by atomic mass is 35.5. The number of carbonyl (C=O) groups excluding carboxylic acids is 1. The van der Waals surface area contributed by atoms with Crippen molar-refractivity contribution >= 4 is 39.9 Å². The van der Waals surface area contributed by atoms with Gasteiger partial charge < -0.3 is 10.1 Å². The van der Waals surface area contributed by atoms with Crippen LogP contribution in [0.1, 0.15) is 24.2 Å². The summed E-state index contributed by atoms with van der Waals surface area (Å²) in [4.78, 5) is 17.1. The van der Waals surface area contributed by atoms with Crippen LogP contribution < -0.4 is 10.1 Å². The van der Waals surface area contributed by atoms with Crippen LogP contribution in [-0.4, -0.2) is 22.4 Å². The van der Waals surface area contributed by atoms with Crippen LogP contribution in [-0.2, 0) is 4.79 Å². The monoisotopic (exact) mass is 379 g/mol. The quantitative estimate of drug-likeness (QED) is 0.679. The predicted molar refractivity (Wildman–Crippen MR) is 96.6 cm³/mol. The first-order chi connectivity index (χ1) is 12.0. The Morgan fingerprint density at radius 3 is 3.08 bits per heavy atom. The van der Waals surface area contributed by atoms with Crippen molar-refractivity contribution < 1.29 is 13.9 Å². The summed E-state index contributed by atoms with van der Waals surface area (Å²) in [7, 11) is 1.50. The molecule has 1 N–H and O–H groups in total. The molecule has 0 saturated carbocycles. The zero-order chi connectivity index (χ0) is 18.0. The molecule has 0 unspecified atom stereocenters. The average Bonchev–Trinajstić information content (AvgIpc) is 3.13. The summed E-state index contributed by atoms with van der Waals surface area (Å²) in [5.41, 5.74) is 1.19. The topological polar surface area (TPSA) is 55.6 Å². The normalized spacial score (nSPS) is 12.6. The van der Waals surface area contributed by atoms with Gasteiger partial charge in [0.05, 0.1) is 18.8 Å². The number of methoxy groups -OCH3 is 1. The van der Waals surface area contributed by atoms with Crippen molar-refractivity contribution in [2.45, 2.75) is 13.0 Å².